The Labute approximate surface area is 109 Å². The van der Waals surface area contributed by atoms with Crippen LogP contribution in [0.5, 0.6) is 0 Å². The van der Waals surface area contributed by atoms with Gasteiger partial charge in [-0.25, -0.2) is 0 Å². The number of ketones is 1. The lowest BCUT2D eigenvalue weighted by Crippen LogP contribution is -2.16. The average Bonchev–Trinajstić information content (AvgIpc) is 2.16. The Kier molecular flexibility index (Phi) is 4.91. The van der Waals surface area contributed by atoms with Crippen LogP contribution < -0.4 is 0 Å². The molecule has 0 heterocycles. The van der Waals surface area contributed by atoms with Gasteiger partial charge in [-0.15, -0.1) is 0 Å². The van der Waals surface area contributed by atoms with Gasteiger partial charge in [0, 0.05) is 5.33 Å². The molecule has 0 bridgehead atoms. The molecule has 1 rings (SSSR count). The second kappa shape index (κ2) is 5.50. The lowest BCUT2D eigenvalue weighted by molar-refractivity contribution is 0.0997. The minimum Gasteiger partial charge on any atom is -0.293 e. The van der Waals surface area contributed by atoms with Crippen molar-refractivity contribution in [1.29, 1.82) is 0 Å². The van der Waals surface area contributed by atoms with Crippen molar-refractivity contribution < 1.29 is 4.79 Å². The molecule has 0 saturated carbocycles. The fourth-order valence-electron chi connectivity index (χ4n) is 0.960. The molecule has 0 aliphatic rings. The molecule has 1 atom stereocenters. The summed E-state index contributed by atoms with van der Waals surface area (Å²) in [5, 5.41) is 1.29. The predicted molar refractivity (Wildman–Crippen MR) is 67.3 cm³/mol. The summed E-state index contributed by atoms with van der Waals surface area (Å²) in [5.41, 5.74) is 0.372. The van der Waals surface area contributed by atoms with Gasteiger partial charge in [0.25, 0.3) is 0 Å². The minimum absolute atomic E-state index is 0.113. The lowest BCUT2D eigenvalue weighted by Gasteiger charge is -2.08. The van der Waals surface area contributed by atoms with Crippen LogP contribution >= 0.6 is 55.1 Å². The molecule has 0 saturated heterocycles. The molecule has 0 aliphatic carbocycles. The molecule has 0 radical (unpaired) electrons. The van der Waals surface area contributed by atoms with E-state index in [0.29, 0.717) is 20.9 Å². The number of rotatable bonds is 3. The molecule has 0 aromatic heterocycles. The first-order valence-electron chi connectivity index (χ1n) is 3.76. The number of halogens is 4. The molecule has 1 aromatic carbocycles. The molecular weight excluding hydrogens is 355 g/mol. The number of benzene rings is 1. The number of carbonyl (C=O) groups is 1. The highest BCUT2D eigenvalue weighted by Crippen LogP contribution is 2.27. The van der Waals surface area contributed by atoms with E-state index in [1.807, 2.05) is 0 Å². The Bertz CT molecular complexity index is 334. The third-order valence-corrected chi connectivity index (χ3v) is 4.51. The maximum Gasteiger partial charge on any atom is 0.180 e. The van der Waals surface area contributed by atoms with Gasteiger partial charge in [-0.1, -0.05) is 61.1 Å². The zero-order chi connectivity index (χ0) is 10.7. The van der Waals surface area contributed by atoms with Crippen LogP contribution in [0.25, 0.3) is 0 Å². The van der Waals surface area contributed by atoms with Crippen LogP contribution in [0.1, 0.15) is 10.4 Å². The van der Waals surface area contributed by atoms with Crippen LogP contribution in [0.3, 0.4) is 0 Å². The lowest BCUT2D eigenvalue weighted by atomic mass is 10.1. The van der Waals surface area contributed by atoms with E-state index in [9.17, 15) is 4.79 Å². The highest BCUT2D eigenvalue weighted by atomic mass is 79.9. The van der Waals surface area contributed by atoms with Gasteiger partial charge in [0.05, 0.1) is 20.4 Å². The van der Waals surface area contributed by atoms with Crippen molar-refractivity contribution >= 4 is 60.8 Å². The highest BCUT2D eigenvalue weighted by molar-refractivity contribution is 9.12. The van der Waals surface area contributed by atoms with Crippen molar-refractivity contribution in [1.82, 2.24) is 0 Å². The van der Waals surface area contributed by atoms with E-state index < -0.39 is 0 Å². The maximum atomic E-state index is 11.8. The normalized spacial score (nSPS) is 12.6. The number of hydrogen-bond acceptors (Lipinski definition) is 1. The van der Waals surface area contributed by atoms with Crippen molar-refractivity contribution in [3.05, 3.63) is 33.8 Å². The zero-order valence-electron chi connectivity index (χ0n) is 6.94. The smallest absolute Gasteiger partial charge is 0.180 e. The zero-order valence-corrected chi connectivity index (χ0v) is 11.6. The van der Waals surface area contributed by atoms with Gasteiger partial charge in [0.15, 0.2) is 5.78 Å². The highest BCUT2D eigenvalue weighted by Gasteiger charge is 2.20. The number of alkyl halides is 2. The summed E-state index contributed by atoms with van der Waals surface area (Å²) in [4.78, 5) is 11.5. The number of carbonyl (C=O) groups excluding carboxylic acids is 1. The summed E-state index contributed by atoms with van der Waals surface area (Å²) >= 11 is 18.2. The van der Waals surface area contributed by atoms with Crippen molar-refractivity contribution in [2.45, 2.75) is 4.83 Å². The first-order valence-corrected chi connectivity index (χ1v) is 6.55. The van der Waals surface area contributed by atoms with Crippen LogP contribution in [0, 0.1) is 0 Å². The van der Waals surface area contributed by atoms with E-state index in [1.54, 1.807) is 18.2 Å². The largest absolute Gasteiger partial charge is 0.293 e. The van der Waals surface area contributed by atoms with Crippen LogP contribution in [0.2, 0.25) is 10.0 Å². The predicted octanol–water partition coefficient (Wildman–Crippen LogP) is 4.33. The molecule has 76 valence electrons. The van der Waals surface area contributed by atoms with Crippen LogP contribution in [-0.2, 0) is 0 Å². The Hall–Kier alpha value is 0.430. The molecule has 0 fully saturated rings. The average molecular weight is 361 g/mol. The summed E-state index contributed by atoms with van der Waals surface area (Å²) < 4.78 is 0. The number of hydrogen-bond donors (Lipinski definition) is 0. The standard InChI is InChI=1S/C9H6Br2Cl2O/c10-4-5(11)9(14)8-6(12)2-1-3-7(8)13/h1-3,5H,4H2. The molecule has 0 aliphatic heterocycles. The molecule has 1 unspecified atom stereocenters. The fraction of sp³-hybridized carbons (Fsp3) is 0.222. The fourth-order valence-corrected chi connectivity index (χ4v) is 2.07. The quantitative estimate of drug-likeness (QED) is 0.579. The van der Waals surface area contributed by atoms with E-state index in [1.165, 1.54) is 0 Å². The first-order chi connectivity index (χ1) is 6.57. The Balaban J connectivity index is 3.12. The topological polar surface area (TPSA) is 17.1 Å². The van der Waals surface area contributed by atoms with Gasteiger partial charge in [0.1, 0.15) is 0 Å². The van der Waals surface area contributed by atoms with Crippen molar-refractivity contribution in [3.63, 3.8) is 0 Å². The van der Waals surface area contributed by atoms with Gasteiger partial charge >= 0.3 is 0 Å². The van der Waals surface area contributed by atoms with Gasteiger partial charge in [-0.3, -0.25) is 4.79 Å². The third kappa shape index (κ3) is 2.72. The Morgan fingerprint density at radius 3 is 2.29 bits per heavy atom. The first kappa shape index (κ1) is 12.5. The second-order valence-electron chi connectivity index (χ2n) is 2.58. The summed E-state index contributed by atoms with van der Waals surface area (Å²) in [7, 11) is 0. The van der Waals surface area contributed by atoms with Crippen molar-refractivity contribution in [2.75, 3.05) is 5.33 Å². The Morgan fingerprint density at radius 2 is 1.86 bits per heavy atom. The summed E-state index contributed by atoms with van der Waals surface area (Å²) in [6, 6.07) is 5.00. The van der Waals surface area contributed by atoms with Crippen LogP contribution in [0.4, 0.5) is 0 Å². The van der Waals surface area contributed by atoms with E-state index in [0.717, 1.165) is 0 Å². The van der Waals surface area contributed by atoms with Crippen molar-refractivity contribution in [3.8, 4) is 0 Å². The van der Waals surface area contributed by atoms with E-state index in [2.05, 4.69) is 31.9 Å². The molecule has 14 heavy (non-hydrogen) atoms. The van der Waals surface area contributed by atoms with Crippen molar-refractivity contribution in [2.24, 2.45) is 0 Å². The molecule has 5 heteroatoms. The Morgan fingerprint density at radius 1 is 1.36 bits per heavy atom. The molecule has 0 amide bonds. The van der Waals surface area contributed by atoms with Gasteiger partial charge in [0.2, 0.25) is 0 Å². The van der Waals surface area contributed by atoms with Gasteiger partial charge in [-0.2, -0.15) is 0 Å². The maximum absolute atomic E-state index is 11.8. The van der Waals surface area contributed by atoms with Gasteiger partial charge in [-0.05, 0) is 12.1 Å². The number of Topliss-reactive ketones (excluding diaryl/α,β-unsaturated/α-hetero) is 1. The van der Waals surface area contributed by atoms with E-state index in [-0.39, 0.29) is 10.6 Å². The van der Waals surface area contributed by atoms with Gasteiger partial charge < -0.3 is 0 Å². The molecule has 1 nitrogen and oxygen atoms in total. The van der Waals surface area contributed by atoms with E-state index >= 15 is 0 Å². The van der Waals surface area contributed by atoms with Crippen LogP contribution in [-0.4, -0.2) is 15.9 Å². The summed E-state index contributed by atoms with van der Waals surface area (Å²) in [6.45, 7) is 0. The third-order valence-electron chi connectivity index (χ3n) is 1.63. The molecular formula is C9H6Br2Cl2O. The summed E-state index contributed by atoms with van der Waals surface area (Å²) in [6.07, 6.45) is 0. The minimum atomic E-state index is -0.306. The molecule has 0 N–H and O–H groups in total. The van der Waals surface area contributed by atoms with Crippen LogP contribution in [0.15, 0.2) is 18.2 Å². The SMILES string of the molecule is O=C(c1c(Cl)cccc1Cl)C(Br)CBr. The summed E-state index contributed by atoms with van der Waals surface area (Å²) in [5.74, 6) is -0.113. The molecule has 0 spiro atoms. The second-order valence-corrected chi connectivity index (χ2v) is 5.15. The molecule has 1 aromatic rings. The monoisotopic (exact) mass is 358 g/mol. The van der Waals surface area contributed by atoms with E-state index in [4.69, 9.17) is 23.2 Å².